The quantitative estimate of drug-likeness (QED) is 0.840. The molecule has 116 valence electrons. The van der Waals surface area contributed by atoms with E-state index in [-0.39, 0.29) is 5.91 Å². The summed E-state index contributed by atoms with van der Waals surface area (Å²) in [6.45, 7) is 0. The van der Waals surface area contributed by atoms with Gasteiger partial charge < -0.3 is 10.6 Å². The van der Waals surface area contributed by atoms with E-state index < -0.39 is 0 Å². The molecule has 5 rings (SSSR count). The average Bonchev–Trinajstić information content (AvgIpc) is 2.51. The fourth-order valence-electron chi connectivity index (χ4n) is 5.18. The number of amides is 2. The van der Waals surface area contributed by atoms with E-state index in [0.717, 1.165) is 11.8 Å². The van der Waals surface area contributed by atoms with Crippen molar-refractivity contribution >= 4 is 18.0 Å². The van der Waals surface area contributed by atoms with E-state index in [9.17, 15) is 9.59 Å². The van der Waals surface area contributed by atoms with Crippen LogP contribution in [0, 0.1) is 23.7 Å². The summed E-state index contributed by atoms with van der Waals surface area (Å²) in [6, 6.07) is 7.45. The molecule has 22 heavy (non-hydrogen) atoms. The lowest BCUT2D eigenvalue weighted by Gasteiger charge is -2.54. The Balaban J connectivity index is 1.44. The molecule has 0 aromatic heterocycles. The molecule has 1 aromatic rings. The minimum atomic E-state index is 0.0233. The van der Waals surface area contributed by atoms with Crippen molar-refractivity contribution in [3.05, 3.63) is 29.8 Å². The molecule has 1 aromatic carbocycles. The fourth-order valence-corrected chi connectivity index (χ4v) is 5.18. The van der Waals surface area contributed by atoms with Crippen LogP contribution in [0.5, 0.6) is 0 Å². The summed E-state index contributed by atoms with van der Waals surface area (Å²) in [6.07, 6.45) is 7.29. The summed E-state index contributed by atoms with van der Waals surface area (Å²) < 4.78 is 0. The summed E-state index contributed by atoms with van der Waals surface area (Å²) in [7, 11) is 0. The van der Waals surface area contributed by atoms with Gasteiger partial charge in [0.2, 0.25) is 6.41 Å². The molecule has 4 aliphatic rings. The lowest BCUT2D eigenvalue weighted by atomic mass is 9.54. The molecule has 0 atom stereocenters. The minimum absolute atomic E-state index is 0.0233. The van der Waals surface area contributed by atoms with Gasteiger partial charge >= 0.3 is 0 Å². The average molecular weight is 298 g/mol. The Hall–Kier alpha value is -1.84. The maximum atomic E-state index is 12.5. The summed E-state index contributed by atoms with van der Waals surface area (Å²) in [5.74, 6) is 3.25. The Morgan fingerprint density at radius 1 is 0.955 bits per heavy atom. The summed E-state index contributed by atoms with van der Waals surface area (Å²) in [5.41, 5.74) is 1.38. The molecule has 0 aliphatic heterocycles. The van der Waals surface area contributed by atoms with E-state index in [1.165, 1.54) is 32.1 Å². The van der Waals surface area contributed by atoms with Crippen LogP contribution in [-0.4, -0.2) is 18.4 Å². The molecule has 4 bridgehead atoms. The number of benzene rings is 1. The van der Waals surface area contributed by atoms with Crippen molar-refractivity contribution < 1.29 is 9.59 Å². The Labute approximate surface area is 130 Å². The third-order valence-electron chi connectivity index (χ3n) is 5.90. The molecule has 0 unspecified atom stereocenters. The molecule has 0 radical (unpaired) electrons. The highest BCUT2D eigenvalue weighted by Crippen LogP contribution is 2.53. The molecule has 4 aliphatic carbocycles. The number of anilines is 1. The van der Waals surface area contributed by atoms with Crippen molar-refractivity contribution in [2.75, 3.05) is 5.32 Å². The summed E-state index contributed by atoms with van der Waals surface area (Å²) in [4.78, 5) is 22.9. The zero-order chi connectivity index (χ0) is 15.1. The van der Waals surface area contributed by atoms with Gasteiger partial charge in [-0.25, -0.2) is 0 Å². The Morgan fingerprint density at radius 3 is 2.09 bits per heavy atom. The normalized spacial score (nSPS) is 35.2. The van der Waals surface area contributed by atoms with Crippen LogP contribution in [0.4, 0.5) is 5.69 Å². The van der Waals surface area contributed by atoms with Gasteiger partial charge in [0.05, 0.1) is 0 Å². The third-order valence-corrected chi connectivity index (χ3v) is 5.90. The van der Waals surface area contributed by atoms with Crippen LogP contribution in [-0.2, 0) is 4.79 Å². The molecular weight excluding hydrogens is 276 g/mol. The molecular formula is C18H22N2O2. The smallest absolute Gasteiger partial charge is 0.251 e. The van der Waals surface area contributed by atoms with Gasteiger partial charge in [0, 0.05) is 17.3 Å². The van der Waals surface area contributed by atoms with Crippen LogP contribution in [0.15, 0.2) is 24.3 Å². The van der Waals surface area contributed by atoms with Crippen LogP contribution in [0.25, 0.3) is 0 Å². The third kappa shape index (κ3) is 2.40. The maximum absolute atomic E-state index is 12.5. The predicted molar refractivity (Wildman–Crippen MR) is 84.4 cm³/mol. The zero-order valence-electron chi connectivity index (χ0n) is 12.6. The van der Waals surface area contributed by atoms with Gasteiger partial charge in [-0.05, 0) is 80.0 Å². The lowest BCUT2D eigenvalue weighted by Crippen LogP contribution is -2.55. The highest BCUT2D eigenvalue weighted by atomic mass is 16.1. The first-order valence-corrected chi connectivity index (χ1v) is 8.34. The molecule has 0 spiro atoms. The van der Waals surface area contributed by atoms with Gasteiger partial charge in [0.25, 0.3) is 5.91 Å². The number of rotatable bonds is 4. The van der Waals surface area contributed by atoms with Crippen LogP contribution >= 0.6 is 0 Å². The van der Waals surface area contributed by atoms with Crippen molar-refractivity contribution in [3.63, 3.8) is 0 Å². The SMILES string of the molecule is O=CNc1ccc(C(=O)NC2C3CC4CC(C3)CC2C4)cc1. The Kier molecular flexibility index (Phi) is 3.40. The van der Waals surface area contributed by atoms with Gasteiger partial charge in [-0.3, -0.25) is 9.59 Å². The lowest BCUT2D eigenvalue weighted by molar-refractivity contribution is -0.105. The highest BCUT2D eigenvalue weighted by molar-refractivity contribution is 5.95. The first kappa shape index (κ1) is 13.8. The maximum Gasteiger partial charge on any atom is 0.251 e. The molecule has 4 saturated carbocycles. The van der Waals surface area contributed by atoms with Gasteiger partial charge in [0.15, 0.2) is 0 Å². The standard InChI is InChI=1S/C18H22N2O2/c21-10-19-16-3-1-13(2-4-16)18(22)20-17-14-6-11-5-12(8-14)9-15(17)7-11/h1-4,10-12,14-15,17H,5-9H2,(H,19,21)(H,20,22). The second kappa shape index (κ2) is 5.41. The number of carbonyl (C=O) groups is 2. The molecule has 2 amide bonds. The van der Waals surface area contributed by atoms with Crippen molar-refractivity contribution in [1.29, 1.82) is 0 Å². The summed E-state index contributed by atoms with van der Waals surface area (Å²) >= 11 is 0. The van der Waals surface area contributed by atoms with E-state index in [0.29, 0.717) is 35.5 Å². The van der Waals surface area contributed by atoms with Crippen molar-refractivity contribution in [2.45, 2.75) is 38.1 Å². The summed E-state index contributed by atoms with van der Waals surface area (Å²) in [5, 5.41) is 5.89. The highest BCUT2D eigenvalue weighted by Gasteiger charge is 2.48. The Bertz CT molecular complexity index is 553. The number of carbonyl (C=O) groups excluding carboxylic acids is 2. The number of nitrogens with one attached hydrogen (secondary N) is 2. The molecule has 4 fully saturated rings. The largest absolute Gasteiger partial charge is 0.349 e. The van der Waals surface area contributed by atoms with E-state index in [4.69, 9.17) is 0 Å². The zero-order valence-corrected chi connectivity index (χ0v) is 12.6. The molecule has 4 heteroatoms. The predicted octanol–water partition coefficient (Wildman–Crippen LogP) is 2.81. The van der Waals surface area contributed by atoms with E-state index in [1.807, 2.05) is 0 Å². The first-order valence-electron chi connectivity index (χ1n) is 8.34. The molecule has 0 heterocycles. The fraction of sp³-hybridized carbons (Fsp3) is 0.556. The minimum Gasteiger partial charge on any atom is -0.349 e. The monoisotopic (exact) mass is 298 g/mol. The van der Waals surface area contributed by atoms with Gasteiger partial charge in [-0.1, -0.05) is 0 Å². The van der Waals surface area contributed by atoms with E-state index in [1.54, 1.807) is 24.3 Å². The van der Waals surface area contributed by atoms with Crippen LogP contribution in [0.2, 0.25) is 0 Å². The number of hydrogen-bond donors (Lipinski definition) is 2. The van der Waals surface area contributed by atoms with E-state index in [2.05, 4.69) is 10.6 Å². The molecule has 2 N–H and O–H groups in total. The van der Waals surface area contributed by atoms with E-state index >= 15 is 0 Å². The van der Waals surface area contributed by atoms with Crippen LogP contribution in [0.1, 0.15) is 42.5 Å². The first-order chi connectivity index (χ1) is 10.7. The van der Waals surface area contributed by atoms with Gasteiger partial charge in [-0.2, -0.15) is 0 Å². The second-order valence-corrected chi connectivity index (χ2v) is 7.27. The topological polar surface area (TPSA) is 58.2 Å². The van der Waals surface area contributed by atoms with Gasteiger partial charge in [-0.15, -0.1) is 0 Å². The van der Waals surface area contributed by atoms with Crippen LogP contribution < -0.4 is 10.6 Å². The molecule has 4 nitrogen and oxygen atoms in total. The number of hydrogen-bond acceptors (Lipinski definition) is 2. The van der Waals surface area contributed by atoms with Gasteiger partial charge in [0.1, 0.15) is 0 Å². The van der Waals surface area contributed by atoms with Crippen molar-refractivity contribution in [1.82, 2.24) is 5.32 Å². The van der Waals surface area contributed by atoms with Crippen molar-refractivity contribution in [3.8, 4) is 0 Å². The Morgan fingerprint density at radius 2 is 1.55 bits per heavy atom. The van der Waals surface area contributed by atoms with Crippen molar-refractivity contribution in [2.24, 2.45) is 23.7 Å². The second-order valence-electron chi connectivity index (χ2n) is 7.27. The molecule has 0 saturated heterocycles. The van der Waals surface area contributed by atoms with Crippen LogP contribution in [0.3, 0.4) is 0 Å².